The van der Waals surface area contributed by atoms with E-state index in [1.54, 1.807) is 7.11 Å². The number of aromatic nitrogens is 1. The Hall–Kier alpha value is -2.01. The molecule has 5 heteroatoms. The first-order chi connectivity index (χ1) is 9.04. The van der Waals surface area contributed by atoms with Crippen molar-refractivity contribution in [2.45, 2.75) is 6.92 Å². The number of hydrogen-bond acceptors (Lipinski definition) is 3. The Bertz CT molecular complexity index is 813. The second-order valence-electron chi connectivity index (χ2n) is 4.48. The van der Waals surface area contributed by atoms with E-state index < -0.39 is 5.97 Å². The highest BCUT2D eigenvalue weighted by atomic mass is 32.1. The third kappa shape index (κ3) is 1.55. The third-order valence-electron chi connectivity index (χ3n) is 3.46. The highest BCUT2D eigenvalue weighted by Gasteiger charge is 2.20. The molecule has 0 atom stereocenters. The molecular weight excluding hydrogens is 262 g/mol. The fraction of sp³-hybridized carbons (Fsp3) is 0.214. The van der Waals surface area contributed by atoms with E-state index in [1.165, 1.54) is 11.3 Å². The molecule has 0 aliphatic carbocycles. The highest BCUT2D eigenvalue weighted by Crippen LogP contribution is 2.39. The Labute approximate surface area is 113 Å². The van der Waals surface area contributed by atoms with Crippen LogP contribution in [-0.4, -0.2) is 22.8 Å². The Morgan fingerprint density at radius 2 is 2.16 bits per heavy atom. The number of carboxylic acids is 1. The molecule has 19 heavy (non-hydrogen) atoms. The first kappa shape index (κ1) is 12.0. The molecule has 0 aliphatic heterocycles. The lowest BCUT2D eigenvalue weighted by atomic mass is 10.1. The van der Waals surface area contributed by atoms with Crippen LogP contribution in [0.25, 0.3) is 21.1 Å². The molecule has 4 nitrogen and oxygen atoms in total. The van der Waals surface area contributed by atoms with E-state index in [0.29, 0.717) is 4.88 Å². The van der Waals surface area contributed by atoms with Gasteiger partial charge in [0.1, 0.15) is 15.5 Å². The van der Waals surface area contributed by atoms with Gasteiger partial charge in [0.15, 0.2) is 0 Å². The molecule has 3 rings (SSSR count). The molecule has 0 unspecified atom stereocenters. The topological polar surface area (TPSA) is 51.5 Å². The SMILES string of the molecule is COc1ccc2c(c1)c1c(C)c(C(=O)O)sc1n2C. The molecule has 0 aliphatic rings. The number of ether oxygens (including phenoxy) is 1. The number of aromatic carboxylic acids is 1. The summed E-state index contributed by atoms with van der Waals surface area (Å²) in [5.74, 6) is -0.0859. The summed E-state index contributed by atoms with van der Waals surface area (Å²) >= 11 is 1.32. The average Bonchev–Trinajstić information content (AvgIpc) is 2.87. The number of thiophene rings is 1. The predicted octanol–water partition coefficient (Wildman–Crippen LogP) is 3.41. The molecule has 0 amide bonds. The average molecular weight is 275 g/mol. The van der Waals surface area contributed by atoms with E-state index >= 15 is 0 Å². The predicted molar refractivity (Wildman–Crippen MR) is 76.6 cm³/mol. The minimum absolute atomic E-state index is 0.408. The first-order valence-electron chi connectivity index (χ1n) is 5.83. The van der Waals surface area contributed by atoms with Gasteiger partial charge in [-0.1, -0.05) is 0 Å². The molecule has 0 fully saturated rings. The van der Waals surface area contributed by atoms with Crippen molar-refractivity contribution in [3.8, 4) is 5.75 Å². The zero-order valence-corrected chi connectivity index (χ0v) is 11.7. The largest absolute Gasteiger partial charge is 0.497 e. The summed E-state index contributed by atoms with van der Waals surface area (Å²) in [6.45, 7) is 1.86. The number of nitrogens with zero attached hydrogens (tertiary/aromatic N) is 1. The van der Waals surface area contributed by atoms with Gasteiger partial charge < -0.3 is 14.4 Å². The third-order valence-corrected chi connectivity index (χ3v) is 4.82. The number of aryl methyl sites for hydroxylation is 2. The summed E-state index contributed by atoms with van der Waals surface area (Å²) in [5.41, 5.74) is 1.91. The van der Waals surface area contributed by atoms with Crippen molar-refractivity contribution in [3.05, 3.63) is 28.6 Å². The molecule has 2 heterocycles. The highest BCUT2D eigenvalue weighted by molar-refractivity contribution is 7.20. The van der Waals surface area contributed by atoms with E-state index in [2.05, 4.69) is 0 Å². The fourth-order valence-electron chi connectivity index (χ4n) is 2.50. The normalized spacial score (nSPS) is 11.3. The lowest BCUT2D eigenvalue weighted by Gasteiger charge is -2.01. The minimum atomic E-state index is -0.866. The van der Waals surface area contributed by atoms with Crippen molar-refractivity contribution in [2.75, 3.05) is 7.11 Å². The van der Waals surface area contributed by atoms with Crippen LogP contribution in [0.3, 0.4) is 0 Å². The van der Waals surface area contributed by atoms with Crippen LogP contribution in [0.1, 0.15) is 15.2 Å². The van der Waals surface area contributed by atoms with Gasteiger partial charge in [-0.05, 0) is 30.7 Å². The number of benzene rings is 1. The van der Waals surface area contributed by atoms with E-state index in [4.69, 9.17) is 4.74 Å². The van der Waals surface area contributed by atoms with Gasteiger partial charge in [0, 0.05) is 23.3 Å². The molecule has 3 aromatic rings. The van der Waals surface area contributed by atoms with Crippen LogP contribution in [0, 0.1) is 6.92 Å². The molecule has 0 saturated carbocycles. The van der Waals surface area contributed by atoms with E-state index in [9.17, 15) is 9.90 Å². The number of hydrogen-bond donors (Lipinski definition) is 1. The molecule has 2 aromatic heterocycles. The van der Waals surface area contributed by atoms with Crippen LogP contribution in [0.15, 0.2) is 18.2 Å². The van der Waals surface area contributed by atoms with Gasteiger partial charge in [0.25, 0.3) is 0 Å². The van der Waals surface area contributed by atoms with Gasteiger partial charge in [-0.25, -0.2) is 4.79 Å². The van der Waals surface area contributed by atoms with Gasteiger partial charge in [0.2, 0.25) is 0 Å². The van der Waals surface area contributed by atoms with Crippen molar-refractivity contribution >= 4 is 38.4 Å². The molecule has 0 radical (unpaired) electrons. The number of fused-ring (bicyclic) bond motifs is 3. The van der Waals surface area contributed by atoms with Crippen molar-refractivity contribution < 1.29 is 14.6 Å². The maximum Gasteiger partial charge on any atom is 0.346 e. The second-order valence-corrected chi connectivity index (χ2v) is 5.48. The van der Waals surface area contributed by atoms with Gasteiger partial charge >= 0.3 is 5.97 Å². The quantitative estimate of drug-likeness (QED) is 0.779. The van der Waals surface area contributed by atoms with Gasteiger partial charge in [-0.15, -0.1) is 11.3 Å². The zero-order valence-electron chi connectivity index (χ0n) is 10.9. The van der Waals surface area contributed by atoms with Gasteiger partial charge in [-0.3, -0.25) is 0 Å². The van der Waals surface area contributed by atoms with Crippen molar-refractivity contribution in [3.63, 3.8) is 0 Å². The minimum Gasteiger partial charge on any atom is -0.497 e. The number of carbonyl (C=O) groups is 1. The standard InChI is InChI=1S/C14H13NO3S/c1-7-11-9-6-8(18-3)4-5-10(9)15(2)13(11)19-12(7)14(16)17/h4-6H,1-3H3,(H,16,17). The Balaban J connectivity index is 2.49. The van der Waals surface area contributed by atoms with E-state index in [1.807, 2.05) is 36.7 Å². The number of carboxylic acid groups (broad SMARTS) is 1. The monoisotopic (exact) mass is 275 g/mol. The van der Waals surface area contributed by atoms with Gasteiger partial charge in [-0.2, -0.15) is 0 Å². The number of methoxy groups -OCH3 is 1. The summed E-state index contributed by atoms with van der Waals surface area (Å²) < 4.78 is 7.29. The van der Waals surface area contributed by atoms with Crippen LogP contribution >= 0.6 is 11.3 Å². The summed E-state index contributed by atoms with van der Waals surface area (Å²) in [6, 6.07) is 5.88. The van der Waals surface area contributed by atoms with Gasteiger partial charge in [0.05, 0.1) is 7.11 Å². The maximum absolute atomic E-state index is 11.2. The Morgan fingerprint density at radius 3 is 2.79 bits per heavy atom. The molecule has 1 N–H and O–H groups in total. The van der Waals surface area contributed by atoms with Crippen molar-refractivity contribution in [1.29, 1.82) is 0 Å². The lowest BCUT2D eigenvalue weighted by molar-refractivity contribution is 0.0701. The molecule has 98 valence electrons. The Morgan fingerprint density at radius 1 is 1.42 bits per heavy atom. The molecule has 0 bridgehead atoms. The summed E-state index contributed by atoms with van der Waals surface area (Å²) in [4.78, 5) is 12.6. The summed E-state index contributed by atoms with van der Waals surface area (Å²) in [6.07, 6.45) is 0. The summed E-state index contributed by atoms with van der Waals surface area (Å²) in [7, 11) is 3.59. The van der Waals surface area contributed by atoms with Crippen LogP contribution in [0.5, 0.6) is 5.75 Å². The smallest absolute Gasteiger partial charge is 0.346 e. The molecule has 0 spiro atoms. The fourth-order valence-corrected chi connectivity index (χ4v) is 3.64. The maximum atomic E-state index is 11.2. The molecule has 1 aromatic carbocycles. The molecule has 0 saturated heterocycles. The lowest BCUT2D eigenvalue weighted by Crippen LogP contribution is -1.94. The first-order valence-corrected chi connectivity index (χ1v) is 6.65. The van der Waals surface area contributed by atoms with Crippen molar-refractivity contribution in [1.82, 2.24) is 4.57 Å². The summed E-state index contributed by atoms with van der Waals surface area (Å²) in [5, 5.41) is 11.3. The van der Waals surface area contributed by atoms with Crippen LogP contribution in [-0.2, 0) is 7.05 Å². The zero-order chi connectivity index (χ0) is 13.7. The van der Waals surface area contributed by atoms with E-state index in [-0.39, 0.29) is 0 Å². The number of rotatable bonds is 2. The van der Waals surface area contributed by atoms with Crippen LogP contribution in [0.4, 0.5) is 0 Å². The molecular formula is C14H13NO3S. The van der Waals surface area contributed by atoms with Crippen molar-refractivity contribution in [2.24, 2.45) is 7.05 Å². The van der Waals surface area contributed by atoms with Crippen LogP contribution in [0.2, 0.25) is 0 Å². The Kier molecular flexibility index (Phi) is 2.53. The second kappa shape index (κ2) is 3.99. The van der Waals surface area contributed by atoms with E-state index in [0.717, 1.165) is 32.4 Å². The van der Waals surface area contributed by atoms with Crippen LogP contribution < -0.4 is 4.74 Å².